The average Bonchev–Trinajstić information content (AvgIpc) is 3.02. The van der Waals surface area contributed by atoms with Crippen LogP contribution >= 0.6 is 0 Å². The lowest BCUT2D eigenvalue weighted by Crippen LogP contribution is -2.42. The first-order valence-electron chi connectivity index (χ1n) is 9.41. The van der Waals surface area contributed by atoms with Gasteiger partial charge in [-0.3, -0.25) is 9.48 Å². The largest absolute Gasteiger partial charge is 0.335 e. The molecule has 1 amide bonds. The van der Waals surface area contributed by atoms with E-state index < -0.39 is 0 Å². The standard InChI is InChI=1S/C21H25N5O/c1-15-13-24(2)9-6-10-26(15)21(27)18-11-20(16-12-22-25(3)14-16)23-19-8-5-4-7-17(18)19/h4-5,7-8,11-12,14-15H,6,9-10,13H2,1-3H3/t15-/m0/s1. The van der Waals surface area contributed by atoms with E-state index in [1.165, 1.54) is 0 Å². The van der Waals surface area contributed by atoms with Crippen molar-refractivity contribution in [1.29, 1.82) is 0 Å². The predicted molar refractivity (Wildman–Crippen MR) is 107 cm³/mol. The molecule has 1 aliphatic rings. The number of fused-ring (bicyclic) bond motifs is 1. The Morgan fingerprint density at radius 3 is 2.78 bits per heavy atom. The zero-order valence-corrected chi connectivity index (χ0v) is 16.1. The third-order valence-corrected chi connectivity index (χ3v) is 5.25. The first kappa shape index (κ1) is 17.7. The van der Waals surface area contributed by atoms with E-state index in [2.05, 4.69) is 24.0 Å². The van der Waals surface area contributed by atoms with Crippen LogP contribution in [0.3, 0.4) is 0 Å². The van der Waals surface area contributed by atoms with Gasteiger partial charge in [-0.2, -0.15) is 5.10 Å². The molecule has 3 aromatic rings. The highest BCUT2D eigenvalue weighted by molar-refractivity contribution is 6.07. The summed E-state index contributed by atoms with van der Waals surface area (Å²) in [6, 6.07) is 9.97. The van der Waals surface area contributed by atoms with Crippen LogP contribution in [0.5, 0.6) is 0 Å². The zero-order valence-electron chi connectivity index (χ0n) is 16.1. The Morgan fingerprint density at radius 1 is 1.19 bits per heavy atom. The first-order valence-corrected chi connectivity index (χ1v) is 9.41. The summed E-state index contributed by atoms with van der Waals surface area (Å²) < 4.78 is 1.75. The van der Waals surface area contributed by atoms with E-state index in [-0.39, 0.29) is 11.9 Å². The van der Waals surface area contributed by atoms with Crippen molar-refractivity contribution < 1.29 is 4.79 Å². The number of likely N-dealkylation sites (N-methyl/N-ethyl adjacent to an activating group) is 1. The highest BCUT2D eigenvalue weighted by Gasteiger charge is 2.26. The highest BCUT2D eigenvalue weighted by Crippen LogP contribution is 2.26. The molecule has 4 rings (SSSR count). The Labute approximate surface area is 159 Å². The van der Waals surface area contributed by atoms with Gasteiger partial charge in [0.15, 0.2) is 0 Å². The van der Waals surface area contributed by atoms with Gasteiger partial charge in [0.2, 0.25) is 0 Å². The number of amides is 1. The Bertz CT molecular complexity index is 980. The first-order chi connectivity index (χ1) is 13.0. The molecule has 1 saturated heterocycles. The van der Waals surface area contributed by atoms with Crippen molar-refractivity contribution in [3.05, 3.63) is 48.3 Å². The summed E-state index contributed by atoms with van der Waals surface area (Å²) in [6.07, 6.45) is 4.70. The summed E-state index contributed by atoms with van der Waals surface area (Å²) in [6.45, 7) is 4.82. The molecule has 0 saturated carbocycles. The molecule has 0 N–H and O–H groups in total. The van der Waals surface area contributed by atoms with Crippen LogP contribution in [0.1, 0.15) is 23.7 Å². The summed E-state index contributed by atoms with van der Waals surface area (Å²) in [4.78, 5) is 22.6. The third kappa shape index (κ3) is 3.45. The Hall–Kier alpha value is -2.73. The number of pyridine rings is 1. The maximum atomic E-state index is 13.5. The fourth-order valence-electron chi connectivity index (χ4n) is 3.88. The number of hydrogen-bond donors (Lipinski definition) is 0. The normalized spacial score (nSPS) is 18.6. The molecule has 2 aromatic heterocycles. The second-order valence-electron chi connectivity index (χ2n) is 7.44. The van der Waals surface area contributed by atoms with Crippen molar-refractivity contribution in [2.24, 2.45) is 7.05 Å². The lowest BCUT2D eigenvalue weighted by Gasteiger charge is -2.28. The van der Waals surface area contributed by atoms with Gasteiger partial charge in [-0.15, -0.1) is 0 Å². The molecule has 6 nitrogen and oxygen atoms in total. The summed E-state index contributed by atoms with van der Waals surface area (Å²) in [5.41, 5.74) is 3.25. The van der Waals surface area contributed by atoms with Crippen LogP contribution in [0.2, 0.25) is 0 Å². The molecule has 0 unspecified atom stereocenters. The topological polar surface area (TPSA) is 54.3 Å². The van der Waals surface area contributed by atoms with Crippen molar-refractivity contribution >= 4 is 16.8 Å². The molecule has 0 bridgehead atoms. The van der Waals surface area contributed by atoms with E-state index in [4.69, 9.17) is 4.98 Å². The quantitative estimate of drug-likeness (QED) is 0.703. The Balaban J connectivity index is 1.81. The fourth-order valence-corrected chi connectivity index (χ4v) is 3.88. The second kappa shape index (κ2) is 7.12. The number of aromatic nitrogens is 3. The Kier molecular flexibility index (Phi) is 4.66. The van der Waals surface area contributed by atoms with Gasteiger partial charge in [0.05, 0.1) is 23.0 Å². The maximum Gasteiger partial charge on any atom is 0.254 e. The molecule has 0 spiro atoms. The van der Waals surface area contributed by atoms with Gasteiger partial charge < -0.3 is 9.80 Å². The number of carbonyl (C=O) groups is 1. The van der Waals surface area contributed by atoms with Crippen molar-refractivity contribution in [3.8, 4) is 11.3 Å². The van der Waals surface area contributed by atoms with Gasteiger partial charge in [-0.1, -0.05) is 18.2 Å². The predicted octanol–water partition coefficient (Wildman–Crippen LogP) is 2.80. The van der Waals surface area contributed by atoms with Crippen molar-refractivity contribution in [3.63, 3.8) is 0 Å². The van der Waals surface area contributed by atoms with E-state index in [1.54, 1.807) is 10.9 Å². The smallest absolute Gasteiger partial charge is 0.254 e. The second-order valence-corrected chi connectivity index (χ2v) is 7.44. The number of carbonyl (C=O) groups excluding carboxylic acids is 1. The molecule has 0 radical (unpaired) electrons. The monoisotopic (exact) mass is 363 g/mol. The molecule has 1 aromatic carbocycles. The van der Waals surface area contributed by atoms with Crippen LogP contribution in [-0.4, -0.2) is 63.2 Å². The lowest BCUT2D eigenvalue weighted by atomic mass is 10.0. The number of hydrogen-bond acceptors (Lipinski definition) is 4. The number of aryl methyl sites for hydroxylation is 1. The SMILES string of the molecule is C[C@H]1CN(C)CCCN1C(=O)c1cc(-c2cnn(C)c2)nc2ccccc12. The van der Waals surface area contributed by atoms with Gasteiger partial charge >= 0.3 is 0 Å². The molecule has 0 aliphatic carbocycles. The number of para-hydroxylation sites is 1. The van der Waals surface area contributed by atoms with Crippen LogP contribution in [0, 0.1) is 0 Å². The fraction of sp³-hybridized carbons (Fsp3) is 0.381. The number of rotatable bonds is 2. The summed E-state index contributed by atoms with van der Waals surface area (Å²) in [7, 11) is 4.00. The molecule has 3 heterocycles. The molecular formula is C21H25N5O. The Morgan fingerprint density at radius 2 is 2.00 bits per heavy atom. The van der Waals surface area contributed by atoms with Gasteiger partial charge in [-0.05, 0) is 39.1 Å². The van der Waals surface area contributed by atoms with Gasteiger partial charge in [-0.25, -0.2) is 4.98 Å². The maximum absolute atomic E-state index is 13.5. The molecule has 1 atom stereocenters. The van der Waals surface area contributed by atoms with Crippen LogP contribution in [-0.2, 0) is 7.05 Å². The van der Waals surface area contributed by atoms with E-state index in [1.807, 2.05) is 48.5 Å². The number of nitrogens with zero attached hydrogens (tertiary/aromatic N) is 5. The van der Waals surface area contributed by atoms with Gasteiger partial charge in [0.1, 0.15) is 0 Å². The minimum Gasteiger partial charge on any atom is -0.335 e. The molecular weight excluding hydrogens is 338 g/mol. The summed E-state index contributed by atoms with van der Waals surface area (Å²) in [5.74, 6) is 0.0848. The van der Waals surface area contributed by atoms with Crippen LogP contribution in [0.4, 0.5) is 0 Å². The molecule has 1 fully saturated rings. The minimum absolute atomic E-state index is 0.0848. The van der Waals surface area contributed by atoms with Gasteiger partial charge in [0.25, 0.3) is 5.91 Å². The summed E-state index contributed by atoms with van der Waals surface area (Å²) >= 11 is 0. The van der Waals surface area contributed by atoms with E-state index in [9.17, 15) is 4.79 Å². The molecule has 27 heavy (non-hydrogen) atoms. The zero-order chi connectivity index (χ0) is 19.0. The van der Waals surface area contributed by atoms with E-state index in [0.717, 1.165) is 53.8 Å². The average molecular weight is 363 g/mol. The van der Waals surface area contributed by atoms with E-state index in [0.29, 0.717) is 0 Å². The minimum atomic E-state index is 0.0848. The van der Waals surface area contributed by atoms with Crippen LogP contribution < -0.4 is 0 Å². The van der Waals surface area contributed by atoms with Crippen LogP contribution in [0.15, 0.2) is 42.7 Å². The third-order valence-electron chi connectivity index (χ3n) is 5.25. The molecule has 140 valence electrons. The molecule has 1 aliphatic heterocycles. The van der Waals surface area contributed by atoms with Crippen molar-refractivity contribution in [2.45, 2.75) is 19.4 Å². The molecule has 6 heteroatoms. The highest BCUT2D eigenvalue weighted by atomic mass is 16.2. The van der Waals surface area contributed by atoms with E-state index >= 15 is 0 Å². The van der Waals surface area contributed by atoms with Crippen LogP contribution in [0.25, 0.3) is 22.2 Å². The van der Waals surface area contributed by atoms with Crippen molar-refractivity contribution in [1.82, 2.24) is 24.6 Å². The lowest BCUT2D eigenvalue weighted by molar-refractivity contribution is 0.0698. The summed E-state index contributed by atoms with van der Waals surface area (Å²) in [5, 5.41) is 5.15. The van der Waals surface area contributed by atoms with Crippen molar-refractivity contribution in [2.75, 3.05) is 26.7 Å². The number of benzene rings is 1. The van der Waals surface area contributed by atoms with Gasteiger partial charge in [0, 0.05) is 43.3 Å².